The molecule has 0 fully saturated rings. The lowest BCUT2D eigenvalue weighted by atomic mass is 9.83. The van der Waals surface area contributed by atoms with E-state index < -0.39 is 5.97 Å². The molecule has 3 unspecified atom stereocenters. The van der Waals surface area contributed by atoms with Crippen molar-refractivity contribution in [2.24, 2.45) is 23.7 Å². The van der Waals surface area contributed by atoms with Crippen LogP contribution in [0.25, 0.3) is 0 Å². The molecule has 1 aromatic rings. The summed E-state index contributed by atoms with van der Waals surface area (Å²) in [6, 6.07) is 5.06. The summed E-state index contributed by atoms with van der Waals surface area (Å²) in [5.74, 6) is 2.48. The zero-order valence-corrected chi connectivity index (χ0v) is 21.7. The molecule has 188 valence electrons. The summed E-state index contributed by atoms with van der Waals surface area (Å²) in [5.41, 5.74) is 14.3. The summed E-state index contributed by atoms with van der Waals surface area (Å²) in [7, 11) is 0. The largest absolute Gasteiger partial charge is 0.465 e. The maximum Gasteiger partial charge on any atom is 0.334 e. The van der Waals surface area contributed by atoms with E-state index in [0.717, 1.165) is 29.4 Å². The fourth-order valence-corrected chi connectivity index (χ4v) is 3.48. The number of rotatable bonds is 15. The molecule has 0 aliphatic heterocycles. The number of benzene rings is 1. The van der Waals surface area contributed by atoms with Crippen molar-refractivity contribution < 1.29 is 14.3 Å². The minimum absolute atomic E-state index is 0.0755. The summed E-state index contributed by atoms with van der Waals surface area (Å²) >= 11 is 0. The maximum atomic E-state index is 11.9. The van der Waals surface area contributed by atoms with Gasteiger partial charge in [0.2, 0.25) is 0 Å². The Hall–Kier alpha value is -2.95. The number of carbonyl (C=O) groups is 1. The van der Waals surface area contributed by atoms with Gasteiger partial charge in [0.05, 0.1) is 12.3 Å². The van der Waals surface area contributed by atoms with Gasteiger partial charge in [0, 0.05) is 11.4 Å². The Labute approximate surface area is 206 Å². The molecule has 34 heavy (non-hydrogen) atoms. The molecule has 0 aromatic heterocycles. The average Bonchev–Trinajstić information content (AvgIpc) is 2.77. The fraction of sp³-hybridized carbons (Fsp3) is 0.483. The standard InChI is InChI=1S/C29H44N2O3/c1-20(2)8-9-21(3)22(4)10-11-23(5)24(6)12-13-25(7)33-15-14-29(32)34-19-26-16-27(30)18-28(31)17-26/h12-18,20-23H,6-11,19,30-31H2,1-5H3/b13-12-,15-14+. The molecule has 3 atom stereocenters. The molecule has 0 aliphatic carbocycles. The van der Waals surface area contributed by atoms with Crippen molar-refractivity contribution in [3.05, 3.63) is 72.7 Å². The molecular weight excluding hydrogens is 424 g/mol. The van der Waals surface area contributed by atoms with Crippen LogP contribution in [0.4, 0.5) is 11.4 Å². The van der Waals surface area contributed by atoms with Gasteiger partial charge in [-0.1, -0.05) is 72.3 Å². The third-order valence-electron chi connectivity index (χ3n) is 6.18. The van der Waals surface area contributed by atoms with Crippen molar-refractivity contribution in [1.82, 2.24) is 0 Å². The van der Waals surface area contributed by atoms with Gasteiger partial charge in [-0.15, -0.1) is 0 Å². The first-order valence-electron chi connectivity index (χ1n) is 12.2. The van der Waals surface area contributed by atoms with Crippen LogP contribution in [-0.4, -0.2) is 5.97 Å². The lowest BCUT2D eigenvalue weighted by Crippen LogP contribution is -2.11. The van der Waals surface area contributed by atoms with Gasteiger partial charge in [-0.05, 0) is 66.4 Å². The first-order chi connectivity index (χ1) is 16.0. The second-order valence-electron chi connectivity index (χ2n) is 9.81. The van der Waals surface area contributed by atoms with Crippen molar-refractivity contribution in [3.8, 4) is 0 Å². The molecule has 0 spiro atoms. The summed E-state index contributed by atoms with van der Waals surface area (Å²) < 4.78 is 10.5. The average molecular weight is 469 g/mol. The number of carbonyl (C=O) groups excluding carboxylic acids is 1. The number of hydrogen-bond acceptors (Lipinski definition) is 5. The van der Waals surface area contributed by atoms with Crippen LogP contribution in [0.15, 0.2) is 67.2 Å². The lowest BCUT2D eigenvalue weighted by molar-refractivity contribution is -0.139. The third kappa shape index (κ3) is 12.3. The van der Waals surface area contributed by atoms with Gasteiger partial charge in [0.25, 0.3) is 0 Å². The summed E-state index contributed by atoms with van der Waals surface area (Å²) in [4.78, 5) is 11.9. The highest BCUT2D eigenvalue weighted by molar-refractivity contribution is 5.81. The van der Waals surface area contributed by atoms with Crippen LogP contribution in [0.2, 0.25) is 0 Å². The zero-order valence-electron chi connectivity index (χ0n) is 21.7. The zero-order chi connectivity index (χ0) is 25.7. The SMILES string of the molecule is C=C(/C=C\C(=C)C(C)CCC(C)C(C)CCC(C)C)O/C=C/C(=O)OCc1cc(N)cc(N)c1. The molecule has 0 bridgehead atoms. The highest BCUT2D eigenvalue weighted by Crippen LogP contribution is 2.27. The molecule has 1 aromatic carbocycles. The number of anilines is 2. The Morgan fingerprint density at radius 1 is 0.882 bits per heavy atom. The van der Waals surface area contributed by atoms with Crippen molar-refractivity contribution in [2.45, 2.75) is 66.9 Å². The maximum absolute atomic E-state index is 11.9. The van der Waals surface area contributed by atoms with Gasteiger partial charge in [-0.3, -0.25) is 0 Å². The minimum Gasteiger partial charge on any atom is -0.465 e. The van der Waals surface area contributed by atoms with Gasteiger partial charge in [-0.2, -0.15) is 0 Å². The van der Waals surface area contributed by atoms with E-state index in [1.54, 1.807) is 24.3 Å². The van der Waals surface area contributed by atoms with Crippen molar-refractivity contribution in [2.75, 3.05) is 11.5 Å². The number of esters is 1. The number of allylic oxidation sites excluding steroid dienone is 3. The molecule has 5 heteroatoms. The molecule has 5 nitrogen and oxygen atoms in total. The van der Waals surface area contributed by atoms with E-state index in [0.29, 0.717) is 29.0 Å². The van der Waals surface area contributed by atoms with E-state index in [4.69, 9.17) is 20.9 Å². The molecule has 0 heterocycles. The summed E-state index contributed by atoms with van der Waals surface area (Å²) in [5, 5.41) is 0. The Morgan fingerprint density at radius 2 is 1.47 bits per heavy atom. The molecular formula is C29H44N2O3. The lowest BCUT2D eigenvalue weighted by Gasteiger charge is -2.22. The second-order valence-corrected chi connectivity index (χ2v) is 9.81. The molecule has 0 amide bonds. The Kier molecular flexibility index (Phi) is 12.9. The van der Waals surface area contributed by atoms with E-state index in [2.05, 4.69) is 47.8 Å². The second kappa shape index (κ2) is 15.0. The molecule has 0 saturated heterocycles. The van der Waals surface area contributed by atoms with Crippen molar-refractivity contribution in [3.63, 3.8) is 0 Å². The van der Waals surface area contributed by atoms with Crippen LogP contribution in [0, 0.1) is 23.7 Å². The normalized spacial score (nSPS) is 14.3. The van der Waals surface area contributed by atoms with Gasteiger partial charge >= 0.3 is 5.97 Å². The monoisotopic (exact) mass is 468 g/mol. The van der Waals surface area contributed by atoms with E-state index >= 15 is 0 Å². The number of nitrogen functional groups attached to an aromatic ring is 2. The number of ether oxygens (including phenoxy) is 2. The third-order valence-corrected chi connectivity index (χ3v) is 6.18. The highest BCUT2D eigenvalue weighted by Gasteiger charge is 2.15. The smallest absolute Gasteiger partial charge is 0.334 e. The summed E-state index contributed by atoms with van der Waals surface area (Å²) in [6.07, 6.45) is 11.0. The van der Waals surface area contributed by atoms with Crippen LogP contribution in [0.3, 0.4) is 0 Å². The first kappa shape index (κ1) is 29.1. The molecule has 0 aliphatic rings. The summed E-state index contributed by atoms with van der Waals surface area (Å²) in [6.45, 7) is 19.6. The van der Waals surface area contributed by atoms with E-state index in [1.807, 2.05) is 6.08 Å². The topological polar surface area (TPSA) is 87.6 Å². The molecule has 4 N–H and O–H groups in total. The number of nitrogens with two attached hydrogens (primary N) is 2. The van der Waals surface area contributed by atoms with E-state index in [-0.39, 0.29) is 6.61 Å². The van der Waals surface area contributed by atoms with Crippen molar-refractivity contribution >= 4 is 17.3 Å². The molecule has 0 radical (unpaired) electrons. The van der Waals surface area contributed by atoms with Crippen molar-refractivity contribution in [1.29, 1.82) is 0 Å². The van der Waals surface area contributed by atoms with Crippen LogP contribution >= 0.6 is 0 Å². The van der Waals surface area contributed by atoms with Crippen LogP contribution in [0.5, 0.6) is 0 Å². The first-order valence-corrected chi connectivity index (χ1v) is 12.2. The van der Waals surface area contributed by atoms with E-state index in [9.17, 15) is 4.79 Å². The highest BCUT2D eigenvalue weighted by atomic mass is 16.5. The van der Waals surface area contributed by atoms with E-state index in [1.165, 1.54) is 31.6 Å². The number of hydrogen-bond donors (Lipinski definition) is 2. The van der Waals surface area contributed by atoms with Gasteiger partial charge in [0.15, 0.2) is 0 Å². The fourth-order valence-electron chi connectivity index (χ4n) is 3.48. The Bertz CT molecular complexity index is 850. The van der Waals surface area contributed by atoms with Gasteiger partial charge in [0.1, 0.15) is 12.4 Å². The predicted molar refractivity (Wildman–Crippen MR) is 144 cm³/mol. The minimum atomic E-state index is -0.535. The van der Waals surface area contributed by atoms with Gasteiger partial charge in [-0.25, -0.2) is 4.79 Å². The van der Waals surface area contributed by atoms with Crippen LogP contribution < -0.4 is 11.5 Å². The van der Waals surface area contributed by atoms with Crippen LogP contribution in [-0.2, 0) is 20.9 Å². The predicted octanol–water partition coefficient (Wildman–Crippen LogP) is 7.18. The van der Waals surface area contributed by atoms with Gasteiger partial charge < -0.3 is 20.9 Å². The quantitative estimate of drug-likeness (QED) is 0.0936. The van der Waals surface area contributed by atoms with Crippen LogP contribution in [0.1, 0.15) is 65.9 Å². The Morgan fingerprint density at radius 3 is 2.06 bits per heavy atom. The molecule has 1 rings (SSSR count). The molecule has 0 saturated carbocycles. The Balaban J connectivity index is 2.35.